The van der Waals surface area contributed by atoms with E-state index in [2.05, 4.69) is 35.1 Å². The number of H-pyrrole nitrogens is 2. The zero-order valence-electron chi connectivity index (χ0n) is 26.2. The molecule has 0 saturated heterocycles. The van der Waals surface area contributed by atoms with Crippen LogP contribution in [0.2, 0.25) is 0 Å². The van der Waals surface area contributed by atoms with Crippen LogP contribution in [0.5, 0.6) is 0 Å². The van der Waals surface area contributed by atoms with Gasteiger partial charge in [0.05, 0.1) is 23.7 Å². The highest BCUT2D eigenvalue weighted by Gasteiger charge is 2.46. The maximum atomic E-state index is 12.1. The molecule has 0 aromatic carbocycles. The minimum absolute atomic E-state index is 0.0568. The Balaban J connectivity index is 1.22. The lowest BCUT2D eigenvalue weighted by Gasteiger charge is -2.32. The molecule has 7 nitrogen and oxygen atoms in total. The number of unbranched alkanes of at least 4 members (excludes halogenated alkanes) is 4. The number of aliphatic hydroxyl groups is 3. The van der Waals surface area contributed by atoms with Gasteiger partial charge < -0.3 is 30.4 Å². The number of hydrogen-bond donors (Lipinski definition) is 6. The van der Waals surface area contributed by atoms with E-state index in [0.717, 1.165) is 63.5 Å². The Morgan fingerprint density at radius 1 is 1.02 bits per heavy atom. The summed E-state index contributed by atoms with van der Waals surface area (Å²) in [6.07, 6.45) is 22.6. The smallest absolute Gasteiger partial charge is 0.309 e. The number of aromatic nitrogens is 2. The summed E-state index contributed by atoms with van der Waals surface area (Å²) < 4.78 is 0. The van der Waals surface area contributed by atoms with Gasteiger partial charge in [0.15, 0.2) is 0 Å². The Labute approximate surface area is 258 Å². The predicted molar refractivity (Wildman–Crippen MR) is 170 cm³/mol. The molecule has 7 heteroatoms. The highest BCUT2D eigenvalue weighted by molar-refractivity contribution is 5.70. The summed E-state index contributed by atoms with van der Waals surface area (Å²) in [7, 11) is 0. The Kier molecular flexibility index (Phi) is 13.0. The first kappa shape index (κ1) is 33.5. The van der Waals surface area contributed by atoms with E-state index >= 15 is 0 Å². The average molecular weight is 597 g/mol. The number of aliphatic carboxylic acids is 1. The van der Waals surface area contributed by atoms with Gasteiger partial charge in [-0.1, -0.05) is 57.6 Å². The van der Waals surface area contributed by atoms with E-state index in [0.29, 0.717) is 31.1 Å². The molecule has 2 aliphatic rings. The summed E-state index contributed by atoms with van der Waals surface area (Å²) in [5, 5.41) is 43.5. The monoisotopic (exact) mass is 596 g/mol. The van der Waals surface area contributed by atoms with Gasteiger partial charge in [0.2, 0.25) is 0 Å². The van der Waals surface area contributed by atoms with Crippen molar-refractivity contribution in [3.63, 3.8) is 0 Å². The van der Waals surface area contributed by atoms with E-state index in [1.165, 1.54) is 24.8 Å². The van der Waals surface area contributed by atoms with Gasteiger partial charge in [0.1, 0.15) is 0 Å². The molecule has 0 spiro atoms. The minimum atomic E-state index is -0.982. The summed E-state index contributed by atoms with van der Waals surface area (Å²) in [4.78, 5) is 18.5. The van der Waals surface area contributed by atoms with Crippen LogP contribution >= 0.6 is 0 Å². The van der Waals surface area contributed by atoms with Crippen molar-refractivity contribution in [3.05, 3.63) is 60.2 Å². The van der Waals surface area contributed by atoms with Gasteiger partial charge in [0, 0.05) is 30.2 Å². The van der Waals surface area contributed by atoms with Crippen molar-refractivity contribution in [2.24, 2.45) is 29.6 Å². The van der Waals surface area contributed by atoms with Crippen molar-refractivity contribution in [3.8, 4) is 0 Å². The molecule has 2 aromatic rings. The number of nitrogens with one attached hydrogen (secondary N) is 2. The molecule has 2 aromatic heterocycles. The van der Waals surface area contributed by atoms with Crippen molar-refractivity contribution < 1.29 is 25.2 Å². The summed E-state index contributed by atoms with van der Waals surface area (Å²) in [6, 6.07) is 6.10. The molecular formula is C36H56N2O5. The van der Waals surface area contributed by atoms with Crippen LogP contribution in [-0.4, -0.2) is 54.2 Å². The lowest BCUT2D eigenvalue weighted by atomic mass is 9.80. The number of aromatic amines is 2. The third kappa shape index (κ3) is 10.1. The fourth-order valence-corrected chi connectivity index (χ4v) is 7.84. The van der Waals surface area contributed by atoms with Crippen LogP contribution in [0.15, 0.2) is 48.9 Å². The highest BCUT2D eigenvalue weighted by Crippen LogP contribution is 2.46. The topological polar surface area (TPSA) is 130 Å². The number of aliphatic hydroxyl groups excluding tert-OH is 2. The number of carbonyl (C=O) groups is 1. The van der Waals surface area contributed by atoms with Crippen molar-refractivity contribution in [2.45, 2.75) is 127 Å². The number of carboxylic acid groups (broad SMARTS) is 1. The SMILES string of the molecule is CCCCCC1C=CC(CCCCCC(C(=O)O)C(O)CCC2(O)CC(Cc3cc[nH]c3)CC2Cc2ccc[nH]2)C(O)C1. The van der Waals surface area contributed by atoms with Crippen molar-refractivity contribution in [2.75, 3.05) is 0 Å². The molecule has 6 N–H and O–H groups in total. The highest BCUT2D eigenvalue weighted by atomic mass is 16.4. The number of carboxylic acids is 1. The fourth-order valence-electron chi connectivity index (χ4n) is 7.84. The Hall–Kier alpha value is -2.35. The first-order valence-corrected chi connectivity index (χ1v) is 17.0. The minimum Gasteiger partial charge on any atom is -0.481 e. The van der Waals surface area contributed by atoms with Crippen molar-refractivity contribution in [1.82, 2.24) is 9.97 Å². The van der Waals surface area contributed by atoms with Crippen LogP contribution in [0, 0.1) is 29.6 Å². The maximum absolute atomic E-state index is 12.1. The summed E-state index contributed by atoms with van der Waals surface area (Å²) in [6.45, 7) is 2.21. The van der Waals surface area contributed by atoms with Crippen molar-refractivity contribution in [1.29, 1.82) is 0 Å². The van der Waals surface area contributed by atoms with E-state index in [9.17, 15) is 25.2 Å². The van der Waals surface area contributed by atoms with Gasteiger partial charge in [-0.15, -0.1) is 0 Å². The molecule has 1 saturated carbocycles. The van der Waals surface area contributed by atoms with Gasteiger partial charge in [-0.2, -0.15) is 0 Å². The van der Waals surface area contributed by atoms with Gasteiger partial charge in [-0.25, -0.2) is 0 Å². The number of rotatable bonds is 19. The first-order chi connectivity index (χ1) is 20.8. The summed E-state index contributed by atoms with van der Waals surface area (Å²) in [5.74, 6) is -0.702. The van der Waals surface area contributed by atoms with Gasteiger partial charge in [-0.3, -0.25) is 4.79 Å². The normalized spacial score (nSPS) is 28.7. The largest absolute Gasteiger partial charge is 0.481 e. The molecule has 2 heterocycles. The zero-order valence-corrected chi connectivity index (χ0v) is 26.2. The zero-order chi connectivity index (χ0) is 30.7. The van der Waals surface area contributed by atoms with Crippen LogP contribution < -0.4 is 0 Å². The van der Waals surface area contributed by atoms with E-state index in [1.807, 2.05) is 30.7 Å². The third-order valence-corrected chi connectivity index (χ3v) is 10.4. The molecule has 0 bridgehead atoms. The Morgan fingerprint density at radius 3 is 2.56 bits per heavy atom. The standard InChI is InChI=1S/C36H56N2O5/c1-2-3-5-9-26-13-14-29(34(40)22-26)10-6-4-7-12-32(35(41)42)33(39)15-17-36(43)24-28(20-27-16-19-37-25-27)21-30(36)23-31-11-8-18-38-31/h8,11,13-14,16,18-19,25-26,28-30,32-34,37-40,43H,2-7,9-10,12,15,17,20-24H2,1H3,(H,41,42). The second-order valence-corrected chi connectivity index (χ2v) is 13.7. The Morgan fingerprint density at radius 2 is 1.86 bits per heavy atom. The van der Waals surface area contributed by atoms with E-state index in [-0.39, 0.29) is 24.4 Å². The Bertz CT molecular complexity index is 1080. The molecule has 0 aliphatic heterocycles. The summed E-state index contributed by atoms with van der Waals surface area (Å²) >= 11 is 0. The second-order valence-electron chi connectivity index (χ2n) is 13.7. The number of allylic oxidation sites excluding steroid dienone is 1. The van der Waals surface area contributed by atoms with E-state index < -0.39 is 23.6 Å². The van der Waals surface area contributed by atoms with Gasteiger partial charge in [-0.05, 0) is 106 Å². The molecule has 0 amide bonds. The third-order valence-electron chi connectivity index (χ3n) is 10.4. The molecule has 8 unspecified atom stereocenters. The molecule has 4 rings (SSSR count). The molecule has 8 atom stereocenters. The lowest BCUT2D eigenvalue weighted by Crippen LogP contribution is -2.37. The predicted octanol–water partition coefficient (Wildman–Crippen LogP) is 6.81. The van der Waals surface area contributed by atoms with E-state index in [4.69, 9.17) is 0 Å². The lowest BCUT2D eigenvalue weighted by molar-refractivity contribution is -0.146. The van der Waals surface area contributed by atoms with Crippen molar-refractivity contribution >= 4 is 5.97 Å². The second kappa shape index (κ2) is 16.6. The van der Waals surface area contributed by atoms with Crippen LogP contribution in [0.25, 0.3) is 0 Å². The van der Waals surface area contributed by atoms with E-state index in [1.54, 1.807) is 0 Å². The molecule has 43 heavy (non-hydrogen) atoms. The van der Waals surface area contributed by atoms with Crippen LogP contribution in [0.1, 0.15) is 108 Å². The quantitative estimate of drug-likeness (QED) is 0.0784. The molecule has 240 valence electrons. The summed E-state index contributed by atoms with van der Waals surface area (Å²) in [5.41, 5.74) is 1.40. The van der Waals surface area contributed by atoms with Crippen LogP contribution in [0.3, 0.4) is 0 Å². The molecule has 2 aliphatic carbocycles. The van der Waals surface area contributed by atoms with Gasteiger partial charge in [0.25, 0.3) is 0 Å². The number of hydrogen-bond acceptors (Lipinski definition) is 4. The fraction of sp³-hybridized carbons (Fsp3) is 0.694. The van der Waals surface area contributed by atoms with Crippen LogP contribution in [-0.2, 0) is 17.6 Å². The maximum Gasteiger partial charge on any atom is 0.309 e. The first-order valence-electron chi connectivity index (χ1n) is 17.0. The average Bonchev–Trinajstić information content (AvgIpc) is 3.74. The molecule has 1 fully saturated rings. The molecular weight excluding hydrogens is 540 g/mol. The van der Waals surface area contributed by atoms with Gasteiger partial charge >= 0.3 is 5.97 Å². The van der Waals surface area contributed by atoms with Crippen LogP contribution in [0.4, 0.5) is 0 Å². The molecule has 0 radical (unpaired) electrons.